The summed E-state index contributed by atoms with van der Waals surface area (Å²) in [6.45, 7) is 10.6. The zero-order chi connectivity index (χ0) is 24.1. The fourth-order valence-electron chi connectivity index (χ4n) is 3.87. The van der Waals surface area contributed by atoms with E-state index in [0.29, 0.717) is 35.7 Å². The predicted octanol–water partition coefficient (Wildman–Crippen LogP) is 5.20. The molecule has 2 aromatic heterocycles. The molecule has 6 nitrogen and oxygen atoms in total. The van der Waals surface area contributed by atoms with E-state index >= 15 is 0 Å². The summed E-state index contributed by atoms with van der Waals surface area (Å²) in [6, 6.07) is 3.59. The zero-order valence-electron chi connectivity index (χ0n) is 20.3. The van der Waals surface area contributed by atoms with E-state index in [2.05, 4.69) is 48.1 Å². The number of nitriles is 1. The van der Waals surface area contributed by atoms with Crippen LogP contribution in [0.2, 0.25) is 0 Å². The largest absolute Gasteiger partial charge is 0.477 e. The smallest absolute Gasteiger partial charge is 0.268 e. The Morgan fingerprint density at radius 1 is 1.30 bits per heavy atom. The van der Waals surface area contributed by atoms with Gasteiger partial charge < -0.3 is 9.30 Å². The number of allylic oxidation sites excluding steroid dienone is 6. The Morgan fingerprint density at radius 2 is 2.06 bits per heavy atom. The number of nitrogens with zero attached hydrogens (tertiary/aromatic N) is 4. The summed E-state index contributed by atoms with van der Waals surface area (Å²) in [5.74, 6) is 2.07. The summed E-state index contributed by atoms with van der Waals surface area (Å²) in [5, 5.41) is 9.37. The van der Waals surface area contributed by atoms with Gasteiger partial charge in [-0.2, -0.15) is 10.2 Å². The van der Waals surface area contributed by atoms with Gasteiger partial charge in [0.2, 0.25) is 5.88 Å². The third-order valence-corrected chi connectivity index (χ3v) is 6.25. The van der Waals surface area contributed by atoms with Crippen LogP contribution >= 0.6 is 0 Å². The molecule has 0 aromatic carbocycles. The Labute approximate surface area is 196 Å². The van der Waals surface area contributed by atoms with Crippen LogP contribution in [0, 0.1) is 37.0 Å². The van der Waals surface area contributed by atoms with Crippen molar-refractivity contribution in [3.05, 3.63) is 75.1 Å². The second kappa shape index (κ2) is 10.4. The summed E-state index contributed by atoms with van der Waals surface area (Å²) in [7, 11) is 1.66. The van der Waals surface area contributed by atoms with E-state index in [1.54, 1.807) is 19.3 Å². The van der Waals surface area contributed by atoms with Gasteiger partial charge in [-0.05, 0) is 59.4 Å². The molecule has 2 atom stereocenters. The molecule has 0 saturated heterocycles. The molecule has 172 valence electrons. The SMILES string of the molecule is C/C=C/C/C(C)=C\C=C(/C)C1CC1COc1nc(C)ncc1-c1cc(C#N)c(=O)n(C)c1C. The van der Waals surface area contributed by atoms with Crippen LogP contribution in [0.5, 0.6) is 5.88 Å². The highest BCUT2D eigenvalue weighted by molar-refractivity contribution is 5.71. The van der Waals surface area contributed by atoms with Crippen molar-refractivity contribution < 1.29 is 4.74 Å². The first-order valence-electron chi connectivity index (χ1n) is 11.3. The van der Waals surface area contributed by atoms with E-state index in [-0.39, 0.29) is 11.1 Å². The Hall–Kier alpha value is -3.46. The first-order chi connectivity index (χ1) is 15.8. The highest BCUT2D eigenvalue weighted by atomic mass is 16.5. The molecule has 0 bridgehead atoms. The Bertz CT molecular complexity index is 1230. The number of pyridine rings is 1. The lowest BCUT2D eigenvalue weighted by Gasteiger charge is -2.15. The summed E-state index contributed by atoms with van der Waals surface area (Å²) < 4.78 is 7.66. The average Bonchev–Trinajstić information content (AvgIpc) is 3.59. The van der Waals surface area contributed by atoms with Crippen LogP contribution in [0.15, 0.2) is 52.5 Å². The summed E-state index contributed by atoms with van der Waals surface area (Å²) >= 11 is 0. The highest BCUT2D eigenvalue weighted by Gasteiger charge is 2.38. The Kier molecular flexibility index (Phi) is 7.65. The molecule has 1 aliphatic carbocycles. The molecule has 1 aliphatic rings. The first-order valence-corrected chi connectivity index (χ1v) is 11.3. The van der Waals surface area contributed by atoms with E-state index in [1.807, 2.05) is 26.8 Å². The van der Waals surface area contributed by atoms with Gasteiger partial charge in [-0.3, -0.25) is 4.79 Å². The van der Waals surface area contributed by atoms with Gasteiger partial charge in [-0.15, -0.1) is 0 Å². The number of aryl methyl sites for hydroxylation is 1. The molecule has 1 fully saturated rings. The maximum Gasteiger partial charge on any atom is 0.268 e. The minimum absolute atomic E-state index is 0.0884. The predicted molar refractivity (Wildman–Crippen MR) is 131 cm³/mol. The third-order valence-electron chi connectivity index (χ3n) is 6.25. The number of rotatable bonds is 8. The molecule has 6 heteroatoms. The fourth-order valence-corrected chi connectivity index (χ4v) is 3.87. The van der Waals surface area contributed by atoms with E-state index in [0.717, 1.165) is 24.1 Å². The summed E-state index contributed by atoms with van der Waals surface area (Å²) in [6.07, 6.45) is 12.4. The normalized spacial score (nSPS) is 18.5. The molecule has 0 spiro atoms. The minimum atomic E-state index is -0.313. The minimum Gasteiger partial charge on any atom is -0.477 e. The molecule has 3 rings (SSSR count). The molecule has 0 amide bonds. The molecule has 0 aliphatic heterocycles. The van der Waals surface area contributed by atoms with Crippen molar-refractivity contribution in [1.82, 2.24) is 14.5 Å². The van der Waals surface area contributed by atoms with Crippen LogP contribution in [0.1, 0.15) is 50.7 Å². The van der Waals surface area contributed by atoms with Gasteiger partial charge in [-0.25, -0.2) is 4.98 Å². The van der Waals surface area contributed by atoms with E-state index in [4.69, 9.17) is 4.74 Å². The topological polar surface area (TPSA) is 80.8 Å². The third kappa shape index (κ3) is 5.67. The highest BCUT2D eigenvalue weighted by Crippen LogP contribution is 2.44. The first kappa shape index (κ1) is 24.2. The molecule has 1 saturated carbocycles. The van der Waals surface area contributed by atoms with E-state index < -0.39 is 0 Å². The van der Waals surface area contributed by atoms with Gasteiger partial charge >= 0.3 is 0 Å². The number of hydrogen-bond acceptors (Lipinski definition) is 5. The van der Waals surface area contributed by atoms with Crippen molar-refractivity contribution in [1.29, 1.82) is 5.26 Å². The maximum absolute atomic E-state index is 12.3. The van der Waals surface area contributed by atoms with Gasteiger partial charge in [-0.1, -0.05) is 35.5 Å². The molecular formula is C27H32N4O2. The molecule has 0 radical (unpaired) electrons. The maximum atomic E-state index is 12.3. The van der Waals surface area contributed by atoms with E-state index in [1.165, 1.54) is 15.7 Å². The molecule has 0 N–H and O–H groups in total. The lowest BCUT2D eigenvalue weighted by atomic mass is 10.0. The monoisotopic (exact) mass is 444 g/mol. The zero-order valence-corrected chi connectivity index (χ0v) is 20.3. The van der Waals surface area contributed by atoms with Gasteiger partial charge in [0.05, 0.1) is 12.2 Å². The molecule has 2 heterocycles. The van der Waals surface area contributed by atoms with Crippen molar-refractivity contribution in [3.8, 4) is 23.1 Å². The van der Waals surface area contributed by atoms with Crippen molar-refractivity contribution in [2.45, 2.75) is 47.5 Å². The molecule has 2 aromatic rings. The van der Waals surface area contributed by atoms with Crippen LogP contribution in [-0.2, 0) is 7.05 Å². The second-order valence-electron chi connectivity index (χ2n) is 8.78. The summed E-state index contributed by atoms with van der Waals surface area (Å²) in [5.41, 5.74) is 4.64. The van der Waals surface area contributed by atoms with Crippen LogP contribution in [0.4, 0.5) is 0 Å². The van der Waals surface area contributed by atoms with E-state index in [9.17, 15) is 10.1 Å². The van der Waals surface area contributed by atoms with Crippen molar-refractivity contribution in [2.75, 3.05) is 6.61 Å². The van der Waals surface area contributed by atoms with Gasteiger partial charge in [0.1, 0.15) is 17.5 Å². The second-order valence-corrected chi connectivity index (χ2v) is 8.78. The van der Waals surface area contributed by atoms with Crippen LogP contribution < -0.4 is 10.3 Å². The Morgan fingerprint density at radius 3 is 2.76 bits per heavy atom. The fraction of sp³-hybridized carbons (Fsp3) is 0.407. The number of hydrogen-bond donors (Lipinski definition) is 0. The average molecular weight is 445 g/mol. The van der Waals surface area contributed by atoms with Crippen molar-refractivity contribution in [3.63, 3.8) is 0 Å². The van der Waals surface area contributed by atoms with Crippen LogP contribution in [-0.4, -0.2) is 21.1 Å². The summed E-state index contributed by atoms with van der Waals surface area (Å²) in [4.78, 5) is 21.1. The van der Waals surface area contributed by atoms with Crippen LogP contribution in [0.25, 0.3) is 11.1 Å². The van der Waals surface area contributed by atoms with Crippen molar-refractivity contribution >= 4 is 0 Å². The van der Waals surface area contributed by atoms with Gasteiger partial charge in [0.25, 0.3) is 5.56 Å². The molecule has 33 heavy (non-hydrogen) atoms. The van der Waals surface area contributed by atoms with Crippen LogP contribution in [0.3, 0.4) is 0 Å². The number of aromatic nitrogens is 3. The quantitative estimate of drug-likeness (QED) is 0.413. The molecular weight excluding hydrogens is 412 g/mol. The molecule has 2 unspecified atom stereocenters. The number of ether oxygens (including phenoxy) is 1. The standard InChI is InChI=1S/C27H32N4O2/c1-7-8-9-17(2)10-11-18(3)23-13-22(23)16-33-26-25(15-29-20(5)30-26)24-12-21(14-28)27(32)31(6)19(24)4/h7-8,10-12,15,22-23H,9,13,16H2,1-6H3/b8-7+,17-10-,18-11+. The Balaban J connectivity index is 1.77. The van der Waals surface area contributed by atoms with Gasteiger partial charge in [0, 0.05) is 30.4 Å². The lowest BCUT2D eigenvalue weighted by Crippen LogP contribution is -2.22. The lowest BCUT2D eigenvalue weighted by molar-refractivity contribution is 0.283. The van der Waals surface area contributed by atoms with Crippen molar-refractivity contribution in [2.24, 2.45) is 18.9 Å². The van der Waals surface area contributed by atoms with Gasteiger partial charge in [0.15, 0.2) is 0 Å².